The number of amides is 1. The van der Waals surface area contributed by atoms with E-state index >= 15 is 0 Å². The van der Waals surface area contributed by atoms with Crippen molar-refractivity contribution >= 4 is 5.91 Å². The van der Waals surface area contributed by atoms with E-state index in [4.69, 9.17) is 0 Å². The van der Waals surface area contributed by atoms with Crippen LogP contribution in [0.5, 0.6) is 0 Å². The highest BCUT2D eigenvalue weighted by molar-refractivity contribution is 5.79. The molecule has 2 nitrogen and oxygen atoms in total. The van der Waals surface area contributed by atoms with Crippen LogP contribution in [0.25, 0.3) is 0 Å². The largest absolute Gasteiger partial charge is 0.354 e. The summed E-state index contributed by atoms with van der Waals surface area (Å²) in [5.41, 5.74) is 1.25. The van der Waals surface area contributed by atoms with E-state index in [-0.39, 0.29) is 17.9 Å². The molecule has 0 heterocycles. The van der Waals surface area contributed by atoms with Crippen LogP contribution in [0.4, 0.5) is 0 Å². The van der Waals surface area contributed by atoms with Gasteiger partial charge in [0.25, 0.3) is 0 Å². The van der Waals surface area contributed by atoms with Crippen molar-refractivity contribution in [2.45, 2.75) is 52.5 Å². The number of hydrogen-bond donors (Lipinski definition) is 1. The normalized spacial score (nSPS) is 12.4. The molecule has 0 fully saturated rings. The molecule has 1 N–H and O–H groups in total. The fourth-order valence-electron chi connectivity index (χ4n) is 2.08. The lowest BCUT2D eigenvalue weighted by atomic mass is 9.93. The minimum absolute atomic E-state index is 0.106. The molecule has 0 radical (unpaired) electrons. The Morgan fingerprint density at radius 3 is 2.44 bits per heavy atom. The summed E-state index contributed by atoms with van der Waals surface area (Å²) in [6.07, 6.45) is 4.08. The molecule has 1 atom stereocenters. The summed E-state index contributed by atoms with van der Waals surface area (Å²) >= 11 is 0. The zero-order valence-corrected chi connectivity index (χ0v) is 11.8. The third kappa shape index (κ3) is 5.35. The van der Waals surface area contributed by atoms with E-state index in [1.165, 1.54) is 5.56 Å². The van der Waals surface area contributed by atoms with Gasteiger partial charge in [-0.25, -0.2) is 0 Å². The second-order valence-corrected chi connectivity index (χ2v) is 5.19. The van der Waals surface area contributed by atoms with Crippen LogP contribution >= 0.6 is 0 Å². The number of unbranched alkanes of at least 4 members (excludes halogenated alkanes) is 1. The van der Waals surface area contributed by atoms with E-state index < -0.39 is 0 Å². The van der Waals surface area contributed by atoms with Gasteiger partial charge in [0.2, 0.25) is 5.91 Å². The van der Waals surface area contributed by atoms with Gasteiger partial charge in [-0.2, -0.15) is 0 Å². The molecule has 100 valence electrons. The van der Waals surface area contributed by atoms with Crippen LogP contribution in [-0.2, 0) is 11.2 Å². The Kier molecular flexibility index (Phi) is 6.48. The fraction of sp³-hybridized carbons (Fsp3) is 0.562. The van der Waals surface area contributed by atoms with Crippen molar-refractivity contribution in [3.05, 3.63) is 35.9 Å². The predicted octanol–water partition coefficient (Wildman–Crippen LogP) is 3.56. The van der Waals surface area contributed by atoms with E-state index in [9.17, 15) is 4.79 Å². The van der Waals surface area contributed by atoms with Crippen LogP contribution in [-0.4, -0.2) is 11.9 Å². The van der Waals surface area contributed by atoms with Crippen LogP contribution < -0.4 is 5.32 Å². The van der Waals surface area contributed by atoms with Crippen molar-refractivity contribution in [1.29, 1.82) is 0 Å². The van der Waals surface area contributed by atoms with Crippen LogP contribution in [0.2, 0.25) is 0 Å². The zero-order valence-electron chi connectivity index (χ0n) is 11.8. The van der Waals surface area contributed by atoms with Gasteiger partial charge in [-0.3, -0.25) is 4.79 Å². The molecule has 0 bridgehead atoms. The van der Waals surface area contributed by atoms with Gasteiger partial charge in [0.15, 0.2) is 0 Å². The first kappa shape index (κ1) is 14.7. The molecule has 0 spiro atoms. The lowest BCUT2D eigenvalue weighted by Crippen LogP contribution is -2.36. The van der Waals surface area contributed by atoms with E-state index in [1.807, 2.05) is 32.0 Å². The third-order valence-electron chi connectivity index (χ3n) is 3.03. The van der Waals surface area contributed by atoms with Gasteiger partial charge in [0, 0.05) is 12.0 Å². The molecule has 0 aromatic heterocycles. The molecule has 0 aliphatic carbocycles. The lowest BCUT2D eigenvalue weighted by Gasteiger charge is -2.18. The molecule has 0 saturated carbocycles. The van der Waals surface area contributed by atoms with E-state index in [0.29, 0.717) is 0 Å². The molecule has 18 heavy (non-hydrogen) atoms. The molecular formula is C16H25NO. The van der Waals surface area contributed by atoms with Gasteiger partial charge < -0.3 is 5.32 Å². The van der Waals surface area contributed by atoms with Crippen LogP contribution in [0.15, 0.2) is 30.3 Å². The Bertz CT molecular complexity index is 345. The molecular weight excluding hydrogens is 222 g/mol. The smallest absolute Gasteiger partial charge is 0.223 e. The molecule has 1 amide bonds. The average molecular weight is 247 g/mol. The average Bonchev–Trinajstić information content (AvgIpc) is 2.34. The van der Waals surface area contributed by atoms with Crippen LogP contribution in [0.3, 0.4) is 0 Å². The quantitative estimate of drug-likeness (QED) is 0.784. The van der Waals surface area contributed by atoms with Crippen molar-refractivity contribution in [1.82, 2.24) is 5.32 Å². The number of hydrogen-bond acceptors (Lipinski definition) is 1. The highest BCUT2D eigenvalue weighted by atomic mass is 16.1. The molecule has 0 saturated heterocycles. The maximum atomic E-state index is 12.2. The first-order chi connectivity index (χ1) is 8.63. The maximum absolute atomic E-state index is 12.2. The Morgan fingerprint density at radius 2 is 1.89 bits per heavy atom. The highest BCUT2D eigenvalue weighted by Gasteiger charge is 2.18. The van der Waals surface area contributed by atoms with Gasteiger partial charge in [-0.05, 0) is 32.3 Å². The second-order valence-electron chi connectivity index (χ2n) is 5.19. The van der Waals surface area contributed by atoms with Gasteiger partial charge in [-0.15, -0.1) is 0 Å². The van der Waals surface area contributed by atoms with Crippen molar-refractivity contribution in [3.63, 3.8) is 0 Å². The Balaban J connectivity index is 2.63. The van der Waals surface area contributed by atoms with Crippen LogP contribution in [0.1, 0.15) is 45.6 Å². The first-order valence-corrected chi connectivity index (χ1v) is 6.97. The topological polar surface area (TPSA) is 29.1 Å². The Morgan fingerprint density at radius 1 is 1.22 bits per heavy atom. The number of benzene rings is 1. The fourth-order valence-corrected chi connectivity index (χ4v) is 2.08. The van der Waals surface area contributed by atoms with E-state index in [1.54, 1.807) is 0 Å². The Hall–Kier alpha value is -1.31. The SMILES string of the molecule is CCCC[C@@H](Cc1ccccc1)C(=O)NC(C)C. The molecule has 0 unspecified atom stereocenters. The van der Waals surface area contributed by atoms with Crippen molar-refractivity contribution in [2.75, 3.05) is 0 Å². The minimum atomic E-state index is 0.106. The predicted molar refractivity (Wildman–Crippen MR) is 76.4 cm³/mol. The standard InChI is InChI=1S/C16H25NO/c1-4-5-11-15(16(18)17-13(2)3)12-14-9-7-6-8-10-14/h6-10,13,15H,4-5,11-12H2,1-3H3,(H,17,18)/t15-/m0/s1. The lowest BCUT2D eigenvalue weighted by molar-refractivity contribution is -0.125. The molecule has 1 aromatic rings. The number of carbonyl (C=O) groups is 1. The summed E-state index contributed by atoms with van der Waals surface area (Å²) in [6.45, 7) is 6.19. The summed E-state index contributed by atoms with van der Waals surface area (Å²) in [4.78, 5) is 12.2. The van der Waals surface area contributed by atoms with Crippen LogP contribution in [0, 0.1) is 5.92 Å². The van der Waals surface area contributed by atoms with Gasteiger partial charge in [0.05, 0.1) is 0 Å². The molecule has 1 aromatic carbocycles. The molecule has 2 heteroatoms. The highest BCUT2D eigenvalue weighted by Crippen LogP contribution is 2.16. The second kappa shape index (κ2) is 7.91. The summed E-state index contributed by atoms with van der Waals surface area (Å²) in [5.74, 6) is 0.303. The summed E-state index contributed by atoms with van der Waals surface area (Å²) in [5, 5.41) is 3.03. The summed E-state index contributed by atoms with van der Waals surface area (Å²) in [6, 6.07) is 10.5. The number of carbonyl (C=O) groups excluding carboxylic acids is 1. The van der Waals surface area contributed by atoms with E-state index in [2.05, 4.69) is 24.4 Å². The number of nitrogens with one attached hydrogen (secondary N) is 1. The molecule has 0 aliphatic rings. The van der Waals surface area contributed by atoms with Gasteiger partial charge >= 0.3 is 0 Å². The molecule has 0 aliphatic heterocycles. The van der Waals surface area contributed by atoms with Crippen molar-refractivity contribution < 1.29 is 4.79 Å². The van der Waals surface area contributed by atoms with Crippen molar-refractivity contribution in [2.24, 2.45) is 5.92 Å². The number of rotatable bonds is 7. The van der Waals surface area contributed by atoms with Gasteiger partial charge in [-0.1, -0.05) is 50.1 Å². The monoisotopic (exact) mass is 247 g/mol. The summed E-state index contributed by atoms with van der Waals surface area (Å²) in [7, 11) is 0. The summed E-state index contributed by atoms with van der Waals surface area (Å²) < 4.78 is 0. The van der Waals surface area contributed by atoms with E-state index in [0.717, 1.165) is 25.7 Å². The Labute approximate surface area is 111 Å². The molecule has 1 rings (SSSR count). The minimum Gasteiger partial charge on any atom is -0.354 e. The first-order valence-electron chi connectivity index (χ1n) is 6.97. The van der Waals surface area contributed by atoms with Crippen molar-refractivity contribution in [3.8, 4) is 0 Å². The third-order valence-corrected chi connectivity index (χ3v) is 3.03. The zero-order chi connectivity index (χ0) is 13.4. The maximum Gasteiger partial charge on any atom is 0.223 e. The van der Waals surface area contributed by atoms with Gasteiger partial charge in [0.1, 0.15) is 0 Å².